The molecule has 2 N–H and O–H groups in total. The molecule has 2 aromatic rings. The highest BCUT2D eigenvalue weighted by atomic mass is 16.6. The maximum atomic E-state index is 12.2. The SMILES string of the molecule is C=C(NNC(=O)[C@H]1COc2ccccc2O1)c1ccc(C#N)cc1. The van der Waals surface area contributed by atoms with Crippen molar-refractivity contribution in [3.8, 4) is 17.6 Å². The van der Waals surface area contributed by atoms with Crippen LogP contribution in [0.2, 0.25) is 0 Å². The molecule has 120 valence electrons. The quantitative estimate of drug-likeness (QED) is 0.842. The van der Waals surface area contributed by atoms with E-state index >= 15 is 0 Å². The Morgan fingerprint density at radius 3 is 2.54 bits per heavy atom. The molecule has 0 bridgehead atoms. The van der Waals surface area contributed by atoms with Gasteiger partial charge in [-0.25, -0.2) is 0 Å². The van der Waals surface area contributed by atoms with Crippen LogP contribution in [0.3, 0.4) is 0 Å². The van der Waals surface area contributed by atoms with Gasteiger partial charge in [-0.05, 0) is 29.8 Å². The Morgan fingerprint density at radius 2 is 1.83 bits per heavy atom. The fourth-order valence-electron chi connectivity index (χ4n) is 2.18. The summed E-state index contributed by atoms with van der Waals surface area (Å²) in [6.45, 7) is 3.99. The number of carbonyl (C=O) groups excluding carboxylic acids is 1. The van der Waals surface area contributed by atoms with E-state index in [1.165, 1.54) is 0 Å². The molecular formula is C18H15N3O3. The summed E-state index contributed by atoms with van der Waals surface area (Å²) < 4.78 is 11.1. The lowest BCUT2D eigenvalue weighted by Gasteiger charge is -2.25. The first-order valence-electron chi connectivity index (χ1n) is 7.31. The third-order valence-electron chi connectivity index (χ3n) is 3.50. The molecule has 0 aromatic heterocycles. The van der Waals surface area contributed by atoms with Crippen molar-refractivity contribution in [3.05, 3.63) is 66.2 Å². The van der Waals surface area contributed by atoms with Gasteiger partial charge in [-0.1, -0.05) is 30.8 Å². The van der Waals surface area contributed by atoms with Crippen molar-refractivity contribution >= 4 is 11.6 Å². The van der Waals surface area contributed by atoms with Gasteiger partial charge in [0.15, 0.2) is 11.5 Å². The highest BCUT2D eigenvalue weighted by Gasteiger charge is 2.27. The van der Waals surface area contributed by atoms with E-state index in [9.17, 15) is 4.79 Å². The predicted molar refractivity (Wildman–Crippen MR) is 87.8 cm³/mol. The van der Waals surface area contributed by atoms with E-state index in [-0.39, 0.29) is 12.5 Å². The van der Waals surface area contributed by atoms with Crippen LogP contribution in [-0.2, 0) is 4.79 Å². The molecule has 0 saturated carbocycles. The molecule has 0 unspecified atom stereocenters. The van der Waals surface area contributed by atoms with E-state index in [1.54, 1.807) is 36.4 Å². The number of fused-ring (bicyclic) bond motifs is 1. The number of amides is 1. The lowest BCUT2D eigenvalue weighted by molar-refractivity contribution is -0.131. The van der Waals surface area contributed by atoms with Gasteiger partial charge in [0.2, 0.25) is 6.10 Å². The Hall–Kier alpha value is -3.46. The number of nitrogens with zero attached hydrogens (tertiary/aromatic N) is 1. The minimum absolute atomic E-state index is 0.133. The number of hydrogen-bond donors (Lipinski definition) is 2. The fraction of sp³-hybridized carbons (Fsp3) is 0.111. The van der Waals surface area contributed by atoms with Crippen molar-refractivity contribution < 1.29 is 14.3 Å². The van der Waals surface area contributed by atoms with Gasteiger partial charge in [0, 0.05) is 0 Å². The van der Waals surface area contributed by atoms with E-state index < -0.39 is 6.10 Å². The number of ether oxygens (including phenoxy) is 2. The molecule has 1 heterocycles. The molecule has 1 aliphatic rings. The summed E-state index contributed by atoms with van der Waals surface area (Å²) >= 11 is 0. The minimum atomic E-state index is -0.749. The lowest BCUT2D eigenvalue weighted by Crippen LogP contribution is -2.48. The van der Waals surface area contributed by atoms with Gasteiger partial charge in [-0.15, -0.1) is 0 Å². The smallest absolute Gasteiger partial charge is 0.282 e. The molecule has 1 aliphatic heterocycles. The molecule has 6 heteroatoms. The number of rotatable bonds is 4. The molecule has 24 heavy (non-hydrogen) atoms. The second-order valence-electron chi connectivity index (χ2n) is 5.15. The Bertz CT molecular complexity index is 809. The number of hydrazine groups is 1. The molecule has 3 rings (SSSR count). The zero-order chi connectivity index (χ0) is 16.9. The molecule has 0 fully saturated rings. The van der Waals surface area contributed by atoms with Gasteiger partial charge >= 0.3 is 0 Å². The van der Waals surface area contributed by atoms with Gasteiger partial charge in [0.05, 0.1) is 17.3 Å². The van der Waals surface area contributed by atoms with Crippen molar-refractivity contribution in [2.75, 3.05) is 6.61 Å². The van der Waals surface area contributed by atoms with Crippen LogP contribution in [0, 0.1) is 11.3 Å². The lowest BCUT2D eigenvalue weighted by atomic mass is 10.1. The van der Waals surface area contributed by atoms with Crippen molar-refractivity contribution in [1.29, 1.82) is 5.26 Å². The summed E-state index contributed by atoms with van der Waals surface area (Å²) in [4.78, 5) is 12.2. The Balaban J connectivity index is 1.56. The average molecular weight is 321 g/mol. The predicted octanol–water partition coefficient (Wildman–Crippen LogP) is 1.99. The standard InChI is InChI=1S/C18H15N3O3/c1-12(14-8-6-13(10-19)7-9-14)20-21-18(22)17-11-23-15-4-2-3-5-16(15)24-17/h2-9,17,20H,1,11H2,(H,21,22)/t17-/m1/s1. The van der Waals surface area contributed by atoms with Crippen LogP contribution in [0.5, 0.6) is 11.5 Å². The highest BCUT2D eigenvalue weighted by Crippen LogP contribution is 2.30. The zero-order valence-corrected chi connectivity index (χ0v) is 12.8. The molecular weight excluding hydrogens is 306 g/mol. The van der Waals surface area contributed by atoms with Crippen LogP contribution in [0.4, 0.5) is 0 Å². The number of nitriles is 1. The topological polar surface area (TPSA) is 83.4 Å². The summed E-state index contributed by atoms with van der Waals surface area (Å²) in [6.07, 6.45) is -0.749. The Kier molecular flexibility index (Phi) is 4.34. The zero-order valence-electron chi connectivity index (χ0n) is 12.8. The molecule has 1 amide bonds. The molecule has 6 nitrogen and oxygen atoms in total. The summed E-state index contributed by atoms with van der Waals surface area (Å²) in [5.74, 6) is 0.797. The van der Waals surface area contributed by atoms with E-state index in [2.05, 4.69) is 17.4 Å². The monoisotopic (exact) mass is 321 g/mol. The number of carbonyl (C=O) groups is 1. The Labute approximate surface area is 139 Å². The van der Waals surface area contributed by atoms with E-state index in [0.717, 1.165) is 5.56 Å². The third kappa shape index (κ3) is 3.31. The fourth-order valence-corrected chi connectivity index (χ4v) is 2.18. The molecule has 1 atom stereocenters. The first-order valence-corrected chi connectivity index (χ1v) is 7.31. The van der Waals surface area contributed by atoms with Crippen molar-refractivity contribution in [1.82, 2.24) is 10.9 Å². The van der Waals surface area contributed by atoms with Crippen molar-refractivity contribution in [2.24, 2.45) is 0 Å². The van der Waals surface area contributed by atoms with E-state index in [0.29, 0.717) is 22.8 Å². The molecule has 2 aromatic carbocycles. The Morgan fingerprint density at radius 1 is 1.12 bits per heavy atom. The first-order chi connectivity index (χ1) is 11.7. The average Bonchev–Trinajstić information content (AvgIpc) is 2.65. The summed E-state index contributed by atoms with van der Waals surface area (Å²) in [5.41, 5.74) is 7.12. The molecule has 0 aliphatic carbocycles. The van der Waals surface area contributed by atoms with Gasteiger partial charge < -0.3 is 9.47 Å². The number of para-hydroxylation sites is 2. The summed E-state index contributed by atoms with van der Waals surface area (Å²) in [5, 5.41) is 8.79. The minimum Gasteiger partial charge on any atom is -0.485 e. The number of nitrogens with one attached hydrogen (secondary N) is 2. The first kappa shape index (κ1) is 15.4. The molecule has 0 spiro atoms. The van der Waals surface area contributed by atoms with Gasteiger partial charge in [0.25, 0.3) is 5.91 Å². The third-order valence-corrected chi connectivity index (χ3v) is 3.50. The largest absolute Gasteiger partial charge is 0.485 e. The summed E-state index contributed by atoms with van der Waals surface area (Å²) in [7, 11) is 0. The number of hydrogen-bond acceptors (Lipinski definition) is 5. The van der Waals surface area contributed by atoms with Crippen LogP contribution in [0.15, 0.2) is 55.1 Å². The van der Waals surface area contributed by atoms with Gasteiger partial charge in [0.1, 0.15) is 6.61 Å². The van der Waals surface area contributed by atoms with Crippen LogP contribution < -0.4 is 20.3 Å². The van der Waals surface area contributed by atoms with Gasteiger partial charge in [-0.2, -0.15) is 5.26 Å². The normalized spacial score (nSPS) is 15.0. The maximum Gasteiger partial charge on any atom is 0.282 e. The highest BCUT2D eigenvalue weighted by molar-refractivity contribution is 5.82. The van der Waals surface area contributed by atoms with Crippen LogP contribution in [-0.4, -0.2) is 18.6 Å². The summed E-state index contributed by atoms with van der Waals surface area (Å²) in [6, 6.07) is 16.1. The van der Waals surface area contributed by atoms with E-state index in [1.807, 2.05) is 18.2 Å². The van der Waals surface area contributed by atoms with Crippen LogP contribution in [0.25, 0.3) is 5.70 Å². The molecule has 0 saturated heterocycles. The molecule has 0 radical (unpaired) electrons. The van der Waals surface area contributed by atoms with Crippen molar-refractivity contribution in [3.63, 3.8) is 0 Å². The van der Waals surface area contributed by atoms with Crippen molar-refractivity contribution in [2.45, 2.75) is 6.10 Å². The van der Waals surface area contributed by atoms with E-state index in [4.69, 9.17) is 14.7 Å². The van der Waals surface area contributed by atoms with Crippen LogP contribution >= 0.6 is 0 Å². The van der Waals surface area contributed by atoms with Gasteiger partial charge in [-0.3, -0.25) is 15.6 Å². The maximum absolute atomic E-state index is 12.2. The number of benzene rings is 2. The second-order valence-corrected chi connectivity index (χ2v) is 5.15. The van der Waals surface area contributed by atoms with Crippen LogP contribution in [0.1, 0.15) is 11.1 Å². The second kappa shape index (κ2) is 6.75.